The van der Waals surface area contributed by atoms with Gasteiger partial charge in [0.1, 0.15) is 6.04 Å². The lowest BCUT2D eigenvalue weighted by Gasteiger charge is -2.18. The third-order valence-electron chi connectivity index (χ3n) is 4.12. The number of methoxy groups -OCH3 is 1. The highest BCUT2D eigenvalue weighted by Gasteiger charge is 2.24. The third-order valence-corrected chi connectivity index (χ3v) is 4.71. The number of benzene rings is 2. The first-order chi connectivity index (χ1) is 13.0. The van der Waals surface area contributed by atoms with Crippen LogP contribution in [0.3, 0.4) is 0 Å². The minimum Gasteiger partial charge on any atom is -0.467 e. The van der Waals surface area contributed by atoms with Crippen LogP contribution in [0.2, 0.25) is 10.0 Å². The van der Waals surface area contributed by atoms with Crippen LogP contribution in [0, 0.1) is 0 Å². The molecule has 0 aliphatic carbocycles. The Hall–Kier alpha value is -2.63. The highest BCUT2D eigenvalue weighted by molar-refractivity contribution is 6.35. The molecule has 0 radical (unpaired) electrons. The Morgan fingerprint density at radius 1 is 1.15 bits per heavy atom. The summed E-state index contributed by atoms with van der Waals surface area (Å²) in [7, 11) is 1.27. The first-order valence-corrected chi connectivity index (χ1v) is 8.91. The Labute approximate surface area is 166 Å². The van der Waals surface area contributed by atoms with Gasteiger partial charge in [0.25, 0.3) is 5.91 Å². The average molecular weight is 403 g/mol. The highest BCUT2D eigenvalue weighted by Crippen LogP contribution is 2.23. The molecule has 0 bridgehead atoms. The molecule has 0 fully saturated rings. The summed E-state index contributed by atoms with van der Waals surface area (Å²) >= 11 is 12.1. The van der Waals surface area contributed by atoms with Gasteiger partial charge >= 0.3 is 5.97 Å². The van der Waals surface area contributed by atoms with E-state index in [9.17, 15) is 9.59 Å². The van der Waals surface area contributed by atoms with E-state index in [1.54, 1.807) is 36.5 Å². The number of amides is 1. The maximum atomic E-state index is 12.8. The normalized spacial score (nSPS) is 11.8. The quantitative estimate of drug-likeness (QED) is 0.653. The van der Waals surface area contributed by atoms with E-state index in [-0.39, 0.29) is 6.42 Å². The number of hydrogen-bond acceptors (Lipinski definition) is 4. The van der Waals surface area contributed by atoms with Crippen LogP contribution in [0.1, 0.15) is 15.9 Å². The van der Waals surface area contributed by atoms with Crippen LogP contribution in [0.4, 0.5) is 0 Å². The lowest BCUT2D eigenvalue weighted by atomic mass is 10.0. The van der Waals surface area contributed by atoms with Crippen LogP contribution in [0.25, 0.3) is 10.9 Å². The number of halogens is 2. The molecule has 0 saturated carbocycles. The van der Waals surface area contributed by atoms with Crippen molar-refractivity contribution in [3.05, 3.63) is 75.9 Å². The molecule has 0 aliphatic heterocycles. The lowest BCUT2D eigenvalue weighted by Crippen LogP contribution is -2.43. The first-order valence-electron chi connectivity index (χ1n) is 8.16. The monoisotopic (exact) mass is 402 g/mol. The number of para-hydroxylation sites is 1. The maximum absolute atomic E-state index is 12.8. The lowest BCUT2D eigenvalue weighted by molar-refractivity contribution is -0.142. The number of rotatable bonds is 5. The molecular formula is C20H16Cl2N2O3. The summed E-state index contributed by atoms with van der Waals surface area (Å²) < 4.78 is 4.84. The summed E-state index contributed by atoms with van der Waals surface area (Å²) in [6, 6.07) is 13.0. The van der Waals surface area contributed by atoms with Crippen LogP contribution >= 0.6 is 23.2 Å². The van der Waals surface area contributed by atoms with Crippen molar-refractivity contribution in [3.63, 3.8) is 0 Å². The van der Waals surface area contributed by atoms with Crippen LogP contribution in [-0.2, 0) is 16.0 Å². The zero-order valence-electron chi connectivity index (χ0n) is 14.4. The molecule has 0 saturated heterocycles. The number of nitrogens with zero attached hydrogens (tertiary/aromatic N) is 1. The third kappa shape index (κ3) is 4.38. The zero-order chi connectivity index (χ0) is 19.4. The molecule has 0 unspecified atom stereocenters. The molecule has 3 rings (SSSR count). The number of aromatic nitrogens is 1. The molecule has 0 aliphatic rings. The summed E-state index contributed by atoms with van der Waals surface area (Å²) in [6.07, 6.45) is 1.73. The van der Waals surface area contributed by atoms with E-state index in [0.29, 0.717) is 32.1 Å². The van der Waals surface area contributed by atoms with E-state index in [1.165, 1.54) is 7.11 Å². The maximum Gasteiger partial charge on any atom is 0.328 e. The number of carbonyl (C=O) groups excluding carboxylic acids is 2. The minimum atomic E-state index is -0.895. The van der Waals surface area contributed by atoms with Gasteiger partial charge in [0.05, 0.1) is 18.2 Å². The number of esters is 1. The summed E-state index contributed by atoms with van der Waals surface area (Å²) in [5.74, 6) is -0.957. The zero-order valence-corrected chi connectivity index (χ0v) is 15.9. The van der Waals surface area contributed by atoms with Gasteiger partial charge in [-0.05, 0) is 29.8 Å². The van der Waals surface area contributed by atoms with Crippen molar-refractivity contribution in [2.24, 2.45) is 0 Å². The standard InChI is InChI=1S/C20H16Cl2N2O3/c1-27-20(26)18(10-12-6-7-13(21)11-16(12)22)24-19(25)15-8-9-23-17-5-3-2-4-14(15)17/h2-9,11,18H,10H2,1H3,(H,24,25)/t18-/m0/s1. The van der Waals surface area contributed by atoms with Gasteiger partial charge in [0.15, 0.2) is 0 Å². The van der Waals surface area contributed by atoms with Crippen molar-refractivity contribution in [1.29, 1.82) is 0 Å². The Morgan fingerprint density at radius 2 is 1.93 bits per heavy atom. The van der Waals surface area contributed by atoms with Gasteiger partial charge in [-0.15, -0.1) is 0 Å². The van der Waals surface area contributed by atoms with Crippen molar-refractivity contribution in [3.8, 4) is 0 Å². The van der Waals surface area contributed by atoms with Gasteiger partial charge in [0.2, 0.25) is 0 Å². The number of ether oxygens (including phenoxy) is 1. The largest absolute Gasteiger partial charge is 0.467 e. The predicted octanol–water partition coefficient (Wildman–Crippen LogP) is 4.06. The number of carbonyl (C=O) groups is 2. The van der Waals surface area contributed by atoms with Crippen molar-refractivity contribution >= 4 is 46.0 Å². The molecular weight excluding hydrogens is 387 g/mol. The fourth-order valence-corrected chi connectivity index (χ4v) is 3.26. The van der Waals surface area contributed by atoms with Crippen LogP contribution < -0.4 is 5.32 Å². The molecule has 1 N–H and O–H groups in total. The van der Waals surface area contributed by atoms with Gasteiger partial charge in [0, 0.05) is 28.0 Å². The van der Waals surface area contributed by atoms with E-state index < -0.39 is 17.9 Å². The Kier molecular flexibility index (Phi) is 5.94. The second kappa shape index (κ2) is 8.37. The fraction of sp³-hybridized carbons (Fsp3) is 0.150. The van der Waals surface area contributed by atoms with Crippen molar-refractivity contribution < 1.29 is 14.3 Å². The van der Waals surface area contributed by atoms with Crippen molar-refractivity contribution in [2.75, 3.05) is 7.11 Å². The van der Waals surface area contributed by atoms with Crippen LogP contribution in [0.15, 0.2) is 54.7 Å². The molecule has 27 heavy (non-hydrogen) atoms. The Balaban J connectivity index is 1.88. The first kappa shape index (κ1) is 19.1. The molecule has 1 atom stereocenters. The average Bonchev–Trinajstić information content (AvgIpc) is 2.68. The second-order valence-electron chi connectivity index (χ2n) is 5.86. The van der Waals surface area contributed by atoms with Crippen molar-refractivity contribution in [2.45, 2.75) is 12.5 Å². The van der Waals surface area contributed by atoms with E-state index in [1.807, 2.05) is 18.2 Å². The van der Waals surface area contributed by atoms with Gasteiger partial charge < -0.3 is 10.1 Å². The topological polar surface area (TPSA) is 68.3 Å². The molecule has 7 heteroatoms. The molecule has 5 nitrogen and oxygen atoms in total. The number of pyridine rings is 1. The second-order valence-corrected chi connectivity index (χ2v) is 6.71. The van der Waals surface area contributed by atoms with E-state index in [0.717, 1.165) is 0 Å². The molecule has 1 amide bonds. The summed E-state index contributed by atoms with van der Waals surface area (Å²) in [6.45, 7) is 0. The van der Waals surface area contributed by atoms with Crippen molar-refractivity contribution in [1.82, 2.24) is 10.3 Å². The molecule has 0 spiro atoms. The predicted molar refractivity (Wildman–Crippen MR) is 105 cm³/mol. The molecule has 138 valence electrons. The summed E-state index contributed by atoms with van der Waals surface area (Å²) in [5, 5.41) is 4.34. The van der Waals surface area contributed by atoms with Crippen LogP contribution in [-0.4, -0.2) is 30.0 Å². The SMILES string of the molecule is COC(=O)[C@H](Cc1ccc(Cl)cc1Cl)NC(=O)c1ccnc2ccccc12. The summed E-state index contributed by atoms with van der Waals surface area (Å²) in [5.41, 5.74) is 1.80. The Morgan fingerprint density at radius 3 is 2.67 bits per heavy atom. The molecule has 2 aromatic carbocycles. The fourth-order valence-electron chi connectivity index (χ4n) is 2.77. The summed E-state index contributed by atoms with van der Waals surface area (Å²) in [4.78, 5) is 29.3. The smallest absolute Gasteiger partial charge is 0.328 e. The van der Waals surface area contributed by atoms with E-state index >= 15 is 0 Å². The van der Waals surface area contributed by atoms with E-state index in [2.05, 4.69) is 10.3 Å². The van der Waals surface area contributed by atoms with Gasteiger partial charge in [-0.2, -0.15) is 0 Å². The number of nitrogens with one attached hydrogen (secondary N) is 1. The molecule has 1 aromatic heterocycles. The highest BCUT2D eigenvalue weighted by atomic mass is 35.5. The molecule has 3 aromatic rings. The number of hydrogen-bond donors (Lipinski definition) is 1. The Bertz CT molecular complexity index is 1000. The van der Waals surface area contributed by atoms with Gasteiger partial charge in [-0.3, -0.25) is 9.78 Å². The van der Waals surface area contributed by atoms with E-state index in [4.69, 9.17) is 27.9 Å². The minimum absolute atomic E-state index is 0.178. The van der Waals surface area contributed by atoms with Gasteiger partial charge in [-0.25, -0.2) is 4.79 Å². The van der Waals surface area contributed by atoms with Gasteiger partial charge in [-0.1, -0.05) is 47.5 Å². The van der Waals surface area contributed by atoms with Crippen LogP contribution in [0.5, 0.6) is 0 Å². The molecule has 1 heterocycles. The number of fused-ring (bicyclic) bond motifs is 1.